The summed E-state index contributed by atoms with van der Waals surface area (Å²) in [7, 11) is 0. The molecule has 3 N–H and O–H groups in total. The number of aldehydes is 1. The van der Waals surface area contributed by atoms with Crippen molar-refractivity contribution in [2.24, 2.45) is 11.1 Å². The highest BCUT2D eigenvalue weighted by Crippen LogP contribution is 2.23. The fourth-order valence-electron chi connectivity index (χ4n) is 1.38. The van der Waals surface area contributed by atoms with Gasteiger partial charge in [0, 0.05) is 5.56 Å². The van der Waals surface area contributed by atoms with E-state index < -0.39 is 6.04 Å². The highest BCUT2D eigenvalue weighted by atomic mass is 16.3. The van der Waals surface area contributed by atoms with E-state index >= 15 is 0 Å². The third kappa shape index (κ3) is 2.91. The first-order valence-corrected chi connectivity index (χ1v) is 5.35. The third-order valence-electron chi connectivity index (χ3n) is 2.65. The zero-order chi connectivity index (χ0) is 13.2. The van der Waals surface area contributed by atoms with Crippen molar-refractivity contribution < 1.29 is 14.7 Å². The fourth-order valence-corrected chi connectivity index (χ4v) is 1.38. The van der Waals surface area contributed by atoms with Crippen molar-refractivity contribution in [3.8, 4) is 5.75 Å². The molecule has 0 heterocycles. The third-order valence-corrected chi connectivity index (χ3v) is 2.65. The monoisotopic (exact) mass is 235 g/mol. The number of aromatic hydroxyl groups is 1. The van der Waals surface area contributed by atoms with Crippen LogP contribution >= 0.6 is 0 Å². The largest absolute Gasteiger partial charge is 0.507 e. The number of carbonyl (C=O) groups excluding carboxylic acids is 2. The van der Waals surface area contributed by atoms with Crippen molar-refractivity contribution in [2.75, 3.05) is 0 Å². The maximum atomic E-state index is 12.0. The van der Waals surface area contributed by atoms with E-state index in [4.69, 9.17) is 5.73 Å². The van der Waals surface area contributed by atoms with Crippen LogP contribution in [-0.4, -0.2) is 23.2 Å². The number of phenolic OH excluding ortho intramolecular Hbond substituents is 1. The Balaban J connectivity index is 3.09. The maximum Gasteiger partial charge on any atom is 0.180 e. The Morgan fingerprint density at radius 2 is 2.00 bits per heavy atom. The van der Waals surface area contributed by atoms with Gasteiger partial charge in [0.25, 0.3) is 0 Å². The molecular weight excluding hydrogens is 218 g/mol. The van der Waals surface area contributed by atoms with E-state index in [-0.39, 0.29) is 22.5 Å². The van der Waals surface area contributed by atoms with Crippen molar-refractivity contribution in [2.45, 2.75) is 26.8 Å². The summed E-state index contributed by atoms with van der Waals surface area (Å²) in [5.74, 6) is -0.374. The molecule has 1 aromatic rings. The van der Waals surface area contributed by atoms with E-state index in [9.17, 15) is 14.7 Å². The van der Waals surface area contributed by atoms with Crippen LogP contribution in [0, 0.1) is 5.41 Å². The molecule has 17 heavy (non-hydrogen) atoms. The first kappa shape index (κ1) is 13.4. The lowest BCUT2D eigenvalue weighted by Crippen LogP contribution is -2.42. The molecule has 0 aliphatic rings. The van der Waals surface area contributed by atoms with Gasteiger partial charge in [0.2, 0.25) is 0 Å². The lowest BCUT2D eigenvalue weighted by molar-refractivity contribution is 0.0901. The van der Waals surface area contributed by atoms with Crippen molar-refractivity contribution in [1.82, 2.24) is 0 Å². The fraction of sp³-hybridized carbons (Fsp3) is 0.385. The first-order chi connectivity index (χ1) is 7.77. The molecule has 1 unspecified atom stereocenters. The van der Waals surface area contributed by atoms with E-state index in [0.29, 0.717) is 11.8 Å². The minimum atomic E-state index is -0.647. The molecule has 92 valence electrons. The Morgan fingerprint density at radius 3 is 2.47 bits per heavy atom. The van der Waals surface area contributed by atoms with Crippen LogP contribution in [0.1, 0.15) is 41.5 Å². The van der Waals surface area contributed by atoms with Crippen LogP contribution in [0.3, 0.4) is 0 Å². The molecule has 0 aromatic heterocycles. The molecule has 0 saturated carbocycles. The molecule has 0 bridgehead atoms. The van der Waals surface area contributed by atoms with Gasteiger partial charge in [0.05, 0.1) is 11.6 Å². The molecule has 0 saturated heterocycles. The zero-order valence-electron chi connectivity index (χ0n) is 10.2. The van der Waals surface area contributed by atoms with Crippen LogP contribution in [0.15, 0.2) is 18.2 Å². The summed E-state index contributed by atoms with van der Waals surface area (Å²) in [6, 6.07) is 3.50. The second-order valence-corrected chi connectivity index (χ2v) is 5.10. The minimum absolute atomic E-state index is 0.0944. The Labute approximate surface area is 100 Å². The highest BCUT2D eigenvalue weighted by molar-refractivity contribution is 6.01. The number of carbonyl (C=O) groups is 2. The van der Waals surface area contributed by atoms with Crippen molar-refractivity contribution in [3.63, 3.8) is 0 Å². The van der Waals surface area contributed by atoms with E-state index in [0.717, 1.165) is 0 Å². The van der Waals surface area contributed by atoms with Crippen LogP contribution < -0.4 is 5.73 Å². The average Bonchev–Trinajstić information content (AvgIpc) is 2.26. The molecule has 4 heteroatoms. The molecule has 1 atom stereocenters. The number of hydrogen-bond acceptors (Lipinski definition) is 4. The Morgan fingerprint density at radius 1 is 1.41 bits per heavy atom. The standard InChI is InChI=1S/C13H17NO3/c1-13(2,3)12(14)11(17)8-4-5-10(16)9(6-8)7-15/h4-7,12,16H,14H2,1-3H3. The van der Waals surface area contributed by atoms with Crippen LogP contribution in [0.25, 0.3) is 0 Å². The molecular formula is C13H17NO3. The van der Waals surface area contributed by atoms with Gasteiger partial charge < -0.3 is 10.8 Å². The molecule has 4 nitrogen and oxygen atoms in total. The lowest BCUT2D eigenvalue weighted by atomic mass is 9.82. The van der Waals surface area contributed by atoms with Crippen molar-refractivity contribution in [3.05, 3.63) is 29.3 Å². The number of Topliss-reactive ketones (excluding diaryl/α,β-unsaturated/α-hetero) is 1. The van der Waals surface area contributed by atoms with Gasteiger partial charge in [-0.2, -0.15) is 0 Å². The molecule has 1 aromatic carbocycles. The van der Waals surface area contributed by atoms with Crippen molar-refractivity contribution >= 4 is 12.1 Å². The lowest BCUT2D eigenvalue weighted by Gasteiger charge is -2.25. The van der Waals surface area contributed by atoms with Gasteiger partial charge in [-0.05, 0) is 23.6 Å². The van der Waals surface area contributed by atoms with Crippen LogP contribution in [0.5, 0.6) is 5.75 Å². The highest BCUT2D eigenvalue weighted by Gasteiger charge is 2.28. The maximum absolute atomic E-state index is 12.0. The van der Waals surface area contributed by atoms with Gasteiger partial charge in [-0.3, -0.25) is 9.59 Å². The summed E-state index contributed by atoms with van der Waals surface area (Å²) in [4.78, 5) is 22.7. The summed E-state index contributed by atoms with van der Waals surface area (Å²) in [6.07, 6.45) is 0.509. The number of nitrogens with two attached hydrogens (primary N) is 1. The molecule has 0 fully saturated rings. The zero-order valence-corrected chi connectivity index (χ0v) is 10.2. The van der Waals surface area contributed by atoms with Gasteiger partial charge in [-0.1, -0.05) is 20.8 Å². The van der Waals surface area contributed by atoms with E-state index in [1.54, 1.807) is 0 Å². The predicted octanol–water partition coefficient (Wildman–Crippen LogP) is 1.76. The minimum Gasteiger partial charge on any atom is -0.507 e. The summed E-state index contributed by atoms with van der Waals surface area (Å²) in [5, 5.41) is 9.34. The van der Waals surface area contributed by atoms with Crippen LogP contribution in [0.2, 0.25) is 0 Å². The smallest absolute Gasteiger partial charge is 0.180 e. The van der Waals surface area contributed by atoms with E-state index in [2.05, 4.69) is 0 Å². The quantitative estimate of drug-likeness (QED) is 0.618. The van der Waals surface area contributed by atoms with Crippen molar-refractivity contribution in [1.29, 1.82) is 0 Å². The van der Waals surface area contributed by atoms with E-state index in [1.165, 1.54) is 18.2 Å². The number of hydrogen-bond donors (Lipinski definition) is 2. The summed E-state index contributed by atoms with van der Waals surface area (Å²) in [5.41, 5.74) is 5.94. The normalized spacial score (nSPS) is 13.2. The summed E-state index contributed by atoms with van der Waals surface area (Å²) in [6.45, 7) is 5.61. The first-order valence-electron chi connectivity index (χ1n) is 5.35. The van der Waals surface area contributed by atoms with Gasteiger partial charge in [-0.25, -0.2) is 0 Å². The Hall–Kier alpha value is -1.68. The average molecular weight is 235 g/mol. The molecule has 0 aliphatic heterocycles. The predicted molar refractivity (Wildman–Crippen MR) is 65.3 cm³/mol. The Bertz CT molecular complexity index is 446. The topological polar surface area (TPSA) is 80.4 Å². The van der Waals surface area contributed by atoms with E-state index in [1.807, 2.05) is 20.8 Å². The number of ketones is 1. The second kappa shape index (κ2) is 4.67. The Kier molecular flexibility index (Phi) is 3.68. The SMILES string of the molecule is CC(C)(C)C(N)C(=O)c1ccc(O)c(C=O)c1. The molecule has 1 rings (SSSR count). The molecule has 0 radical (unpaired) electrons. The summed E-state index contributed by atoms with van der Waals surface area (Å²) >= 11 is 0. The molecule has 0 amide bonds. The number of benzene rings is 1. The van der Waals surface area contributed by atoms with Gasteiger partial charge >= 0.3 is 0 Å². The van der Waals surface area contributed by atoms with Gasteiger partial charge in [-0.15, -0.1) is 0 Å². The number of rotatable bonds is 3. The molecule has 0 spiro atoms. The number of phenols is 1. The van der Waals surface area contributed by atoms with Gasteiger partial charge in [0.15, 0.2) is 12.1 Å². The second-order valence-electron chi connectivity index (χ2n) is 5.10. The van der Waals surface area contributed by atoms with Crippen LogP contribution in [0.4, 0.5) is 0 Å². The molecule has 0 aliphatic carbocycles. The summed E-state index contributed by atoms with van der Waals surface area (Å²) < 4.78 is 0. The van der Waals surface area contributed by atoms with Crippen LogP contribution in [-0.2, 0) is 0 Å². The van der Waals surface area contributed by atoms with Gasteiger partial charge in [0.1, 0.15) is 5.75 Å².